The highest BCUT2D eigenvalue weighted by molar-refractivity contribution is 5.94. The van der Waals surface area contributed by atoms with Gasteiger partial charge in [0.1, 0.15) is 5.82 Å². The van der Waals surface area contributed by atoms with Crippen LogP contribution in [0.4, 0.5) is 8.78 Å². The third-order valence-electron chi connectivity index (χ3n) is 2.71. The molecule has 0 N–H and O–H groups in total. The summed E-state index contributed by atoms with van der Waals surface area (Å²) in [5.41, 5.74) is 0.307. The zero-order valence-corrected chi connectivity index (χ0v) is 10.3. The molecule has 3 nitrogen and oxygen atoms in total. The zero-order valence-electron chi connectivity index (χ0n) is 10.3. The summed E-state index contributed by atoms with van der Waals surface area (Å²) in [6, 6.07) is 7.46. The molecule has 2 rings (SSSR count). The van der Waals surface area contributed by atoms with Crippen LogP contribution in [0.2, 0.25) is 0 Å². The average Bonchev–Trinajstić information content (AvgIpc) is 2.41. The van der Waals surface area contributed by atoms with Gasteiger partial charge in [0.2, 0.25) is 0 Å². The molecule has 98 valence electrons. The van der Waals surface area contributed by atoms with E-state index in [2.05, 4.69) is 4.98 Å². The van der Waals surface area contributed by atoms with E-state index in [4.69, 9.17) is 0 Å². The van der Waals surface area contributed by atoms with Crippen molar-refractivity contribution >= 4 is 5.91 Å². The van der Waals surface area contributed by atoms with Gasteiger partial charge < -0.3 is 4.90 Å². The largest absolute Gasteiger partial charge is 0.337 e. The molecular formula is C14H12F2N2O. The number of pyridine rings is 1. The first-order chi connectivity index (χ1) is 9.09. The molecular weight excluding hydrogens is 250 g/mol. The van der Waals surface area contributed by atoms with Crippen molar-refractivity contribution in [1.29, 1.82) is 0 Å². The smallest absolute Gasteiger partial charge is 0.256 e. The molecule has 0 saturated carbocycles. The van der Waals surface area contributed by atoms with Gasteiger partial charge in [0.05, 0.1) is 11.8 Å². The Balaban J connectivity index is 2.17. The topological polar surface area (TPSA) is 33.2 Å². The van der Waals surface area contributed by atoms with Crippen molar-refractivity contribution in [2.24, 2.45) is 0 Å². The number of rotatable bonds is 3. The van der Waals surface area contributed by atoms with Crippen molar-refractivity contribution < 1.29 is 13.6 Å². The number of amides is 1. The second-order valence-electron chi connectivity index (χ2n) is 4.11. The van der Waals surface area contributed by atoms with E-state index in [-0.39, 0.29) is 12.1 Å². The molecule has 1 aromatic heterocycles. The number of aromatic nitrogens is 1. The van der Waals surface area contributed by atoms with Gasteiger partial charge in [-0.2, -0.15) is 0 Å². The molecule has 0 aliphatic heterocycles. The first-order valence-electron chi connectivity index (χ1n) is 5.68. The summed E-state index contributed by atoms with van der Waals surface area (Å²) in [6.45, 7) is 0.0767. The molecule has 0 aliphatic rings. The van der Waals surface area contributed by atoms with E-state index in [9.17, 15) is 13.6 Å². The monoisotopic (exact) mass is 262 g/mol. The van der Waals surface area contributed by atoms with Crippen LogP contribution in [0.15, 0.2) is 42.7 Å². The molecule has 1 heterocycles. The second-order valence-corrected chi connectivity index (χ2v) is 4.11. The molecule has 0 radical (unpaired) electrons. The normalized spacial score (nSPS) is 10.3. The van der Waals surface area contributed by atoms with E-state index in [0.717, 1.165) is 6.20 Å². The lowest BCUT2D eigenvalue weighted by molar-refractivity contribution is 0.0779. The fourth-order valence-corrected chi connectivity index (χ4v) is 1.71. The van der Waals surface area contributed by atoms with Crippen LogP contribution in [0.5, 0.6) is 0 Å². The van der Waals surface area contributed by atoms with Crippen LogP contribution in [0.25, 0.3) is 0 Å². The van der Waals surface area contributed by atoms with E-state index >= 15 is 0 Å². The first kappa shape index (κ1) is 13.1. The van der Waals surface area contributed by atoms with Gasteiger partial charge in [-0.05, 0) is 12.1 Å². The molecule has 19 heavy (non-hydrogen) atoms. The zero-order chi connectivity index (χ0) is 13.8. The van der Waals surface area contributed by atoms with Gasteiger partial charge in [0.25, 0.3) is 5.91 Å². The lowest BCUT2D eigenvalue weighted by Crippen LogP contribution is -2.27. The summed E-state index contributed by atoms with van der Waals surface area (Å²) in [4.78, 5) is 16.9. The summed E-state index contributed by atoms with van der Waals surface area (Å²) >= 11 is 0. The number of carbonyl (C=O) groups excluding carboxylic acids is 1. The van der Waals surface area contributed by atoms with E-state index < -0.39 is 17.5 Å². The first-order valence-corrected chi connectivity index (χ1v) is 5.68. The van der Waals surface area contributed by atoms with Crippen LogP contribution in [-0.4, -0.2) is 22.8 Å². The minimum atomic E-state index is -0.687. The molecule has 0 bridgehead atoms. The molecule has 0 aliphatic carbocycles. The van der Waals surface area contributed by atoms with Crippen molar-refractivity contribution in [1.82, 2.24) is 9.88 Å². The summed E-state index contributed by atoms with van der Waals surface area (Å²) in [6.07, 6.45) is 2.32. The molecule has 1 aromatic carbocycles. The second kappa shape index (κ2) is 5.56. The number of halogens is 2. The Labute approximate surface area is 109 Å². The Morgan fingerprint density at radius 1 is 1.21 bits per heavy atom. The maximum atomic E-state index is 13.5. The van der Waals surface area contributed by atoms with Gasteiger partial charge in [-0.25, -0.2) is 8.78 Å². The molecule has 1 amide bonds. The third kappa shape index (κ3) is 2.93. The lowest BCUT2D eigenvalue weighted by Gasteiger charge is -2.17. The predicted molar refractivity (Wildman–Crippen MR) is 66.4 cm³/mol. The predicted octanol–water partition coefficient (Wildman–Crippen LogP) is 2.63. The number of benzene rings is 1. The number of nitrogens with zero attached hydrogens (tertiary/aromatic N) is 2. The highest BCUT2D eigenvalue weighted by Crippen LogP contribution is 2.13. The molecule has 0 unspecified atom stereocenters. The van der Waals surface area contributed by atoms with Crippen molar-refractivity contribution in [3.8, 4) is 0 Å². The molecule has 0 saturated heterocycles. The van der Waals surface area contributed by atoms with Crippen molar-refractivity contribution in [2.75, 3.05) is 7.05 Å². The van der Waals surface area contributed by atoms with Gasteiger partial charge >= 0.3 is 0 Å². The number of hydrogen-bond acceptors (Lipinski definition) is 2. The molecule has 0 spiro atoms. The Hall–Kier alpha value is -2.30. The lowest BCUT2D eigenvalue weighted by atomic mass is 10.2. The summed E-state index contributed by atoms with van der Waals surface area (Å²) in [7, 11) is 1.49. The van der Waals surface area contributed by atoms with Crippen LogP contribution in [-0.2, 0) is 6.54 Å². The van der Waals surface area contributed by atoms with Crippen LogP contribution in [0, 0.1) is 11.6 Å². The Kier molecular flexibility index (Phi) is 3.85. The van der Waals surface area contributed by atoms with Crippen LogP contribution in [0.3, 0.4) is 0 Å². The van der Waals surface area contributed by atoms with E-state index in [1.165, 1.54) is 30.3 Å². The highest BCUT2D eigenvalue weighted by Gasteiger charge is 2.17. The summed E-state index contributed by atoms with van der Waals surface area (Å²) in [5, 5.41) is 0. The number of hydrogen-bond donors (Lipinski definition) is 0. The van der Waals surface area contributed by atoms with Gasteiger partial charge in [-0.3, -0.25) is 9.78 Å². The molecule has 0 fully saturated rings. The molecule has 0 atom stereocenters. The fourth-order valence-electron chi connectivity index (χ4n) is 1.71. The maximum absolute atomic E-state index is 13.5. The average molecular weight is 262 g/mol. The molecule has 2 aromatic rings. The Morgan fingerprint density at radius 3 is 2.63 bits per heavy atom. The van der Waals surface area contributed by atoms with Gasteiger partial charge in [0, 0.05) is 25.4 Å². The molecule has 5 heteroatoms. The van der Waals surface area contributed by atoms with Crippen LogP contribution < -0.4 is 0 Å². The minimum Gasteiger partial charge on any atom is -0.337 e. The number of carbonyl (C=O) groups is 1. The highest BCUT2D eigenvalue weighted by atomic mass is 19.1. The minimum absolute atomic E-state index is 0.0751. The van der Waals surface area contributed by atoms with Crippen molar-refractivity contribution in [3.63, 3.8) is 0 Å². The van der Waals surface area contributed by atoms with Crippen LogP contribution >= 0.6 is 0 Å². The van der Waals surface area contributed by atoms with E-state index in [0.29, 0.717) is 5.56 Å². The van der Waals surface area contributed by atoms with Crippen LogP contribution in [0.1, 0.15) is 15.9 Å². The quantitative estimate of drug-likeness (QED) is 0.852. The van der Waals surface area contributed by atoms with Gasteiger partial charge in [-0.15, -0.1) is 0 Å². The van der Waals surface area contributed by atoms with Crippen molar-refractivity contribution in [2.45, 2.75) is 6.54 Å². The summed E-state index contributed by atoms with van der Waals surface area (Å²) in [5.74, 6) is -1.59. The standard InChI is InChI=1S/C14H12F2N2O/c1-18(9-10-4-2-3-5-12(10)15)14(19)11-6-7-17-8-13(11)16/h2-8H,9H2,1H3. The third-order valence-corrected chi connectivity index (χ3v) is 2.71. The Morgan fingerprint density at radius 2 is 1.95 bits per heavy atom. The Bertz CT molecular complexity index is 602. The van der Waals surface area contributed by atoms with E-state index in [1.807, 2.05) is 0 Å². The van der Waals surface area contributed by atoms with Gasteiger partial charge in [-0.1, -0.05) is 18.2 Å². The fraction of sp³-hybridized carbons (Fsp3) is 0.143. The maximum Gasteiger partial charge on any atom is 0.256 e. The van der Waals surface area contributed by atoms with Gasteiger partial charge in [0.15, 0.2) is 5.82 Å². The SMILES string of the molecule is CN(Cc1ccccc1F)C(=O)c1ccncc1F. The summed E-state index contributed by atoms with van der Waals surface area (Å²) < 4.78 is 26.9. The van der Waals surface area contributed by atoms with Crippen molar-refractivity contribution in [3.05, 3.63) is 65.5 Å². The van der Waals surface area contributed by atoms with E-state index in [1.54, 1.807) is 18.2 Å².